The molecule has 36 heavy (non-hydrogen) atoms. The van der Waals surface area contributed by atoms with E-state index in [1.807, 2.05) is 20.8 Å². The molecule has 1 aliphatic rings. The monoisotopic (exact) mass is 522 g/mol. The minimum atomic E-state index is -3.76. The van der Waals surface area contributed by atoms with Gasteiger partial charge in [0.05, 0.1) is 23.7 Å². The Labute approximate surface area is 213 Å². The van der Waals surface area contributed by atoms with Gasteiger partial charge >= 0.3 is 0 Å². The fourth-order valence-corrected chi connectivity index (χ4v) is 6.27. The summed E-state index contributed by atoms with van der Waals surface area (Å²) in [6.07, 6.45) is 3.91. The van der Waals surface area contributed by atoms with Crippen LogP contribution in [0, 0.1) is 11.7 Å². The van der Waals surface area contributed by atoms with Gasteiger partial charge in [-0.25, -0.2) is 22.5 Å². The number of sulfonamides is 1. The van der Waals surface area contributed by atoms with Gasteiger partial charge in [0.15, 0.2) is 11.6 Å². The van der Waals surface area contributed by atoms with Gasteiger partial charge < -0.3 is 9.88 Å². The van der Waals surface area contributed by atoms with Crippen molar-refractivity contribution in [2.45, 2.75) is 90.6 Å². The number of piperidine rings is 1. The molecule has 1 fully saturated rings. The molecule has 1 amide bonds. The number of carbonyl (C=O) groups excluding carboxylic acids is 2. The number of ketones is 1. The van der Waals surface area contributed by atoms with Crippen molar-refractivity contribution in [3.8, 4) is 0 Å². The molecule has 0 radical (unpaired) electrons. The maximum Gasteiger partial charge on any atom is 0.224 e. The van der Waals surface area contributed by atoms with Gasteiger partial charge in [-0.05, 0) is 50.2 Å². The standard InChI is InChI=1S/C26H39FN4O4S/c1-5-19-9-6-7-13-31(19)24(33)16-22(30-36(34,35)14-12-17(2)3)23(32)15-18(4)26-28-21-11-8-10-20(27)25(21)29-26/h8,10-11,17-19,22,30H,5-7,9,12-16H2,1-4H3,(H,28,29)/t18-,19+,22+/m1/s1. The fourth-order valence-electron chi connectivity index (χ4n) is 4.72. The Morgan fingerprint density at radius 3 is 2.64 bits per heavy atom. The van der Waals surface area contributed by atoms with E-state index >= 15 is 0 Å². The number of likely N-dealkylation sites (tertiary alicyclic amines) is 1. The molecular formula is C26H39FN4O4S. The number of benzene rings is 1. The highest BCUT2D eigenvalue weighted by Gasteiger charge is 2.33. The first-order valence-electron chi connectivity index (χ1n) is 13.0. The van der Waals surface area contributed by atoms with E-state index in [1.54, 1.807) is 24.0 Å². The van der Waals surface area contributed by atoms with Crippen LogP contribution >= 0.6 is 0 Å². The number of fused-ring (bicyclic) bond motifs is 1. The highest BCUT2D eigenvalue weighted by Crippen LogP contribution is 2.24. The maximum absolute atomic E-state index is 14.1. The number of Topliss-reactive ketones (excluding diaryl/α,β-unsaturated/α-hetero) is 1. The first-order chi connectivity index (χ1) is 17.0. The topological polar surface area (TPSA) is 112 Å². The second-order valence-electron chi connectivity index (χ2n) is 10.4. The van der Waals surface area contributed by atoms with Crippen LogP contribution in [0.1, 0.15) is 84.4 Å². The third-order valence-electron chi connectivity index (χ3n) is 6.93. The quantitative estimate of drug-likeness (QED) is 0.432. The Hall–Kier alpha value is -2.33. The zero-order valence-electron chi connectivity index (χ0n) is 21.7. The lowest BCUT2D eigenvalue weighted by Gasteiger charge is -2.36. The van der Waals surface area contributed by atoms with Gasteiger partial charge in [0.25, 0.3) is 0 Å². The normalized spacial score (nSPS) is 18.5. The van der Waals surface area contributed by atoms with E-state index in [1.165, 1.54) is 6.07 Å². The van der Waals surface area contributed by atoms with Crippen LogP contribution in [-0.4, -0.2) is 59.4 Å². The second-order valence-corrected chi connectivity index (χ2v) is 12.2. The Balaban J connectivity index is 1.78. The Morgan fingerprint density at radius 2 is 1.97 bits per heavy atom. The largest absolute Gasteiger partial charge is 0.342 e. The smallest absolute Gasteiger partial charge is 0.224 e. The first kappa shape index (κ1) is 28.2. The fraction of sp³-hybridized carbons (Fsp3) is 0.654. The molecule has 1 saturated heterocycles. The Bertz CT molecular complexity index is 1160. The summed E-state index contributed by atoms with van der Waals surface area (Å²) in [5.74, 6) is -0.937. The summed E-state index contributed by atoms with van der Waals surface area (Å²) in [5, 5.41) is 0. The van der Waals surface area contributed by atoms with Crippen molar-refractivity contribution in [3.05, 3.63) is 29.8 Å². The average Bonchev–Trinajstić information content (AvgIpc) is 3.28. The number of hydrogen-bond donors (Lipinski definition) is 2. The van der Waals surface area contributed by atoms with Crippen molar-refractivity contribution in [1.82, 2.24) is 19.6 Å². The Morgan fingerprint density at radius 1 is 1.22 bits per heavy atom. The number of amides is 1. The van der Waals surface area contributed by atoms with Crippen molar-refractivity contribution in [2.24, 2.45) is 5.92 Å². The van der Waals surface area contributed by atoms with Crippen molar-refractivity contribution < 1.29 is 22.4 Å². The van der Waals surface area contributed by atoms with Crippen LogP contribution in [-0.2, 0) is 19.6 Å². The molecular weight excluding hydrogens is 483 g/mol. The number of aromatic nitrogens is 2. The highest BCUT2D eigenvalue weighted by atomic mass is 32.2. The summed E-state index contributed by atoms with van der Waals surface area (Å²) >= 11 is 0. The summed E-state index contributed by atoms with van der Waals surface area (Å²) in [6.45, 7) is 8.30. The van der Waals surface area contributed by atoms with E-state index in [9.17, 15) is 22.4 Å². The SMILES string of the molecule is CC[C@H]1CCCCN1C(=O)C[C@H](NS(=O)(=O)CCC(C)C)C(=O)C[C@@H](C)c1nc2c(F)cccc2[nH]1. The number of nitrogens with one attached hydrogen (secondary N) is 2. The van der Waals surface area contributed by atoms with Crippen LogP contribution in [0.15, 0.2) is 18.2 Å². The third-order valence-corrected chi connectivity index (χ3v) is 8.34. The van der Waals surface area contributed by atoms with E-state index in [0.29, 0.717) is 24.3 Å². The van der Waals surface area contributed by atoms with Gasteiger partial charge in [0.1, 0.15) is 11.3 Å². The summed E-state index contributed by atoms with van der Waals surface area (Å²) in [6, 6.07) is 3.56. The molecule has 1 aromatic carbocycles. The number of nitrogens with zero attached hydrogens (tertiary/aromatic N) is 2. The molecule has 10 heteroatoms. The van der Waals surface area contributed by atoms with Crippen LogP contribution in [0.4, 0.5) is 4.39 Å². The molecule has 2 N–H and O–H groups in total. The zero-order valence-corrected chi connectivity index (χ0v) is 22.5. The minimum absolute atomic E-state index is 0.0384. The lowest BCUT2D eigenvalue weighted by atomic mass is 9.96. The van der Waals surface area contributed by atoms with Crippen LogP contribution in [0.5, 0.6) is 0 Å². The van der Waals surface area contributed by atoms with Crippen molar-refractivity contribution in [2.75, 3.05) is 12.3 Å². The molecule has 1 aliphatic heterocycles. The number of halogens is 1. The van der Waals surface area contributed by atoms with Crippen LogP contribution in [0.2, 0.25) is 0 Å². The number of imidazole rings is 1. The predicted octanol–water partition coefficient (Wildman–Crippen LogP) is 4.28. The highest BCUT2D eigenvalue weighted by molar-refractivity contribution is 7.89. The molecule has 3 rings (SSSR count). The Kier molecular flexibility index (Phi) is 9.63. The number of para-hydroxylation sites is 1. The van der Waals surface area contributed by atoms with Crippen LogP contribution < -0.4 is 4.72 Å². The van der Waals surface area contributed by atoms with Crippen LogP contribution in [0.25, 0.3) is 11.0 Å². The number of carbonyl (C=O) groups is 2. The van der Waals surface area contributed by atoms with E-state index in [4.69, 9.17) is 0 Å². The molecule has 0 saturated carbocycles. The second kappa shape index (κ2) is 12.3. The third kappa shape index (κ3) is 7.35. The van der Waals surface area contributed by atoms with Gasteiger partial charge in [-0.2, -0.15) is 0 Å². The van der Waals surface area contributed by atoms with E-state index in [0.717, 1.165) is 25.7 Å². The van der Waals surface area contributed by atoms with E-state index in [2.05, 4.69) is 14.7 Å². The van der Waals surface area contributed by atoms with E-state index < -0.39 is 27.8 Å². The summed E-state index contributed by atoms with van der Waals surface area (Å²) in [4.78, 5) is 35.8. The van der Waals surface area contributed by atoms with Gasteiger partial charge in [-0.3, -0.25) is 9.59 Å². The molecule has 0 unspecified atom stereocenters. The van der Waals surface area contributed by atoms with Gasteiger partial charge in [0, 0.05) is 24.9 Å². The van der Waals surface area contributed by atoms with Crippen molar-refractivity contribution >= 4 is 32.7 Å². The van der Waals surface area contributed by atoms with Gasteiger partial charge in [-0.1, -0.05) is 33.8 Å². The minimum Gasteiger partial charge on any atom is -0.342 e. The van der Waals surface area contributed by atoms with Gasteiger partial charge in [-0.15, -0.1) is 0 Å². The lowest BCUT2D eigenvalue weighted by Crippen LogP contribution is -2.49. The molecule has 200 valence electrons. The molecule has 1 aromatic heterocycles. The number of rotatable bonds is 12. The molecule has 3 atom stereocenters. The van der Waals surface area contributed by atoms with Gasteiger partial charge in [0.2, 0.25) is 15.9 Å². The first-order valence-corrected chi connectivity index (χ1v) is 14.6. The summed E-state index contributed by atoms with van der Waals surface area (Å²) in [7, 11) is -3.76. The zero-order chi connectivity index (χ0) is 26.5. The molecule has 0 bridgehead atoms. The van der Waals surface area contributed by atoms with Crippen molar-refractivity contribution in [3.63, 3.8) is 0 Å². The summed E-state index contributed by atoms with van der Waals surface area (Å²) < 4.78 is 42.2. The van der Waals surface area contributed by atoms with Crippen LogP contribution in [0.3, 0.4) is 0 Å². The molecule has 0 spiro atoms. The molecule has 2 heterocycles. The number of H-pyrrole nitrogens is 1. The molecule has 2 aromatic rings. The van der Waals surface area contributed by atoms with Crippen molar-refractivity contribution in [1.29, 1.82) is 0 Å². The number of aromatic amines is 1. The average molecular weight is 523 g/mol. The van der Waals surface area contributed by atoms with E-state index in [-0.39, 0.29) is 47.8 Å². The summed E-state index contributed by atoms with van der Waals surface area (Å²) in [5.41, 5.74) is 0.727. The maximum atomic E-state index is 14.1. The predicted molar refractivity (Wildman–Crippen MR) is 139 cm³/mol. The molecule has 8 nitrogen and oxygen atoms in total. The molecule has 0 aliphatic carbocycles. The lowest BCUT2D eigenvalue weighted by molar-refractivity contribution is -0.137. The number of hydrogen-bond acceptors (Lipinski definition) is 5.